The number of carbonyl (C=O) groups is 2. The normalized spacial score (nSPS) is 24.1. The molecule has 0 saturated heterocycles. The van der Waals surface area contributed by atoms with Crippen LogP contribution in [0.2, 0.25) is 0 Å². The van der Waals surface area contributed by atoms with E-state index in [0.717, 1.165) is 42.2 Å². The number of carboxylic acid groups (broad SMARTS) is 1. The molecule has 27 heavy (non-hydrogen) atoms. The molecule has 1 heterocycles. The van der Waals surface area contributed by atoms with Crippen molar-refractivity contribution in [3.05, 3.63) is 29.8 Å². The Morgan fingerprint density at radius 1 is 1.33 bits per heavy atom. The van der Waals surface area contributed by atoms with Gasteiger partial charge in [0.2, 0.25) is 0 Å². The van der Waals surface area contributed by atoms with Gasteiger partial charge in [-0.25, -0.2) is 0 Å². The van der Waals surface area contributed by atoms with Crippen molar-refractivity contribution in [3.63, 3.8) is 0 Å². The van der Waals surface area contributed by atoms with E-state index in [0.29, 0.717) is 11.7 Å². The van der Waals surface area contributed by atoms with Crippen LogP contribution in [0, 0.1) is 11.3 Å². The summed E-state index contributed by atoms with van der Waals surface area (Å²) in [6.45, 7) is 7.27. The lowest BCUT2D eigenvalue weighted by Crippen LogP contribution is -2.43. The fraction of sp³-hybridized carbons (Fsp3) is 0.571. The van der Waals surface area contributed by atoms with Crippen molar-refractivity contribution in [1.29, 1.82) is 0 Å². The predicted molar refractivity (Wildman–Crippen MR) is 110 cm³/mol. The minimum Gasteiger partial charge on any atom is -0.481 e. The third-order valence-corrected chi connectivity index (χ3v) is 6.92. The van der Waals surface area contributed by atoms with E-state index in [1.807, 2.05) is 24.3 Å². The van der Waals surface area contributed by atoms with E-state index in [9.17, 15) is 9.59 Å². The maximum Gasteiger partial charge on any atom is 0.303 e. The summed E-state index contributed by atoms with van der Waals surface area (Å²) in [7, 11) is 0. The molecule has 6 heteroatoms. The molecule has 1 amide bonds. The first-order chi connectivity index (χ1) is 12.8. The Labute approximate surface area is 165 Å². The topological polar surface area (TPSA) is 70.0 Å². The second-order valence-corrected chi connectivity index (χ2v) is 9.41. The lowest BCUT2D eigenvalue weighted by molar-refractivity contribution is -0.137. The van der Waals surface area contributed by atoms with Gasteiger partial charge in [0.15, 0.2) is 5.17 Å². The van der Waals surface area contributed by atoms with E-state index in [1.165, 1.54) is 0 Å². The molecule has 1 aromatic carbocycles. The van der Waals surface area contributed by atoms with Crippen LogP contribution in [0.1, 0.15) is 52.0 Å². The average molecular weight is 389 g/mol. The Morgan fingerprint density at radius 3 is 2.67 bits per heavy atom. The van der Waals surface area contributed by atoms with Crippen molar-refractivity contribution in [2.45, 2.75) is 58.1 Å². The second kappa shape index (κ2) is 8.05. The molecule has 1 aromatic rings. The SMILES string of the molecule is CCN(C1=NC(=O)C2CC(C)(C)CCC2S1)c1ccc(CCC(=O)O)cc1. The molecule has 0 spiro atoms. The van der Waals surface area contributed by atoms with Gasteiger partial charge in [-0.3, -0.25) is 9.59 Å². The van der Waals surface area contributed by atoms with Crippen LogP contribution >= 0.6 is 11.8 Å². The van der Waals surface area contributed by atoms with Crippen molar-refractivity contribution >= 4 is 34.5 Å². The zero-order valence-corrected chi connectivity index (χ0v) is 17.1. The van der Waals surface area contributed by atoms with Gasteiger partial charge in [-0.15, -0.1) is 0 Å². The molecule has 3 rings (SSSR count). The lowest BCUT2D eigenvalue weighted by atomic mass is 9.71. The molecule has 146 valence electrons. The Balaban J connectivity index is 1.76. The number of aryl methyl sites for hydroxylation is 1. The Hall–Kier alpha value is -1.82. The maximum absolute atomic E-state index is 12.7. The number of benzene rings is 1. The van der Waals surface area contributed by atoms with Gasteiger partial charge < -0.3 is 10.0 Å². The zero-order chi connectivity index (χ0) is 19.6. The summed E-state index contributed by atoms with van der Waals surface area (Å²) in [5.74, 6) is -0.719. The average Bonchev–Trinajstić information content (AvgIpc) is 2.62. The monoisotopic (exact) mass is 388 g/mol. The van der Waals surface area contributed by atoms with Crippen LogP contribution < -0.4 is 4.90 Å². The first kappa shape index (κ1) is 19.9. The number of anilines is 1. The molecular formula is C21H28N2O3S. The number of thioether (sulfide) groups is 1. The van der Waals surface area contributed by atoms with Gasteiger partial charge in [0, 0.05) is 23.9 Å². The molecule has 1 N–H and O–H groups in total. The number of fused-ring (bicyclic) bond motifs is 1. The van der Waals surface area contributed by atoms with Gasteiger partial charge >= 0.3 is 5.97 Å². The number of hydrogen-bond donors (Lipinski definition) is 1. The fourth-order valence-corrected chi connectivity index (χ4v) is 5.32. The Kier molecular flexibility index (Phi) is 5.94. The number of aliphatic imine (C=N–C) groups is 1. The number of amides is 1. The highest BCUT2D eigenvalue weighted by molar-refractivity contribution is 8.14. The number of amidine groups is 1. The highest BCUT2D eigenvalue weighted by Crippen LogP contribution is 2.46. The van der Waals surface area contributed by atoms with Crippen LogP contribution in [0.25, 0.3) is 0 Å². The fourth-order valence-electron chi connectivity index (χ4n) is 3.94. The van der Waals surface area contributed by atoms with E-state index in [-0.39, 0.29) is 23.7 Å². The summed E-state index contributed by atoms with van der Waals surface area (Å²) in [6, 6.07) is 7.90. The summed E-state index contributed by atoms with van der Waals surface area (Å²) in [5, 5.41) is 9.93. The zero-order valence-electron chi connectivity index (χ0n) is 16.3. The van der Waals surface area contributed by atoms with Gasteiger partial charge in [0.1, 0.15) is 0 Å². The second-order valence-electron chi connectivity index (χ2n) is 8.21. The van der Waals surface area contributed by atoms with Crippen molar-refractivity contribution in [2.75, 3.05) is 11.4 Å². The quantitative estimate of drug-likeness (QED) is 0.812. The van der Waals surface area contributed by atoms with Gasteiger partial charge in [0.25, 0.3) is 5.91 Å². The number of nitrogens with zero attached hydrogens (tertiary/aromatic N) is 2. The highest BCUT2D eigenvalue weighted by Gasteiger charge is 2.43. The Morgan fingerprint density at radius 2 is 2.04 bits per heavy atom. The molecule has 5 nitrogen and oxygen atoms in total. The standard InChI is InChI=1S/C21H28N2O3S/c1-4-23(15-8-5-14(6-9-15)7-10-18(24)25)20-22-19(26)16-13-21(2,3)12-11-17(16)27-20/h5-6,8-9,16-17H,4,7,10-13H2,1-3H3,(H,24,25). The molecule has 0 bridgehead atoms. The molecule has 1 saturated carbocycles. The summed E-state index contributed by atoms with van der Waals surface area (Å²) >= 11 is 1.74. The van der Waals surface area contributed by atoms with Crippen LogP contribution in [-0.4, -0.2) is 33.9 Å². The Bertz CT molecular complexity index is 742. The predicted octanol–water partition coefficient (Wildman–Crippen LogP) is 4.35. The largest absolute Gasteiger partial charge is 0.481 e. The smallest absolute Gasteiger partial charge is 0.303 e. The number of hydrogen-bond acceptors (Lipinski definition) is 4. The maximum atomic E-state index is 12.7. The van der Waals surface area contributed by atoms with Crippen LogP contribution in [0.15, 0.2) is 29.3 Å². The summed E-state index contributed by atoms with van der Waals surface area (Å²) < 4.78 is 0. The van der Waals surface area contributed by atoms with Crippen LogP contribution in [0.5, 0.6) is 0 Å². The van der Waals surface area contributed by atoms with Crippen LogP contribution in [0.4, 0.5) is 5.69 Å². The number of rotatable bonds is 5. The molecule has 0 radical (unpaired) electrons. The van der Waals surface area contributed by atoms with Crippen LogP contribution in [0.3, 0.4) is 0 Å². The van der Waals surface area contributed by atoms with E-state index >= 15 is 0 Å². The number of aliphatic carboxylic acids is 1. The first-order valence-electron chi connectivity index (χ1n) is 9.66. The third kappa shape index (κ3) is 4.72. The molecular weight excluding hydrogens is 360 g/mol. The third-order valence-electron chi connectivity index (χ3n) is 5.53. The highest BCUT2D eigenvalue weighted by atomic mass is 32.2. The van der Waals surface area contributed by atoms with Gasteiger partial charge in [-0.2, -0.15) is 4.99 Å². The first-order valence-corrected chi connectivity index (χ1v) is 10.5. The summed E-state index contributed by atoms with van der Waals surface area (Å²) in [5.41, 5.74) is 2.21. The van der Waals surface area contributed by atoms with Crippen LogP contribution in [-0.2, 0) is 16.0 Å². The van der Waals surface area contributed by atoms with E-state index < -0.39 is 5.97 Å². The minimum atomic E-state index is -0.786. The molecule has 0 aromatic heterocycles. The summed E-state index contributed by atoms with van der Waals surface area (Å²) in [6.07, 6.45) is 3.78. The van der Waals surface area contributed by atoms with Crippen molar-refractivity contribution < 1.29 is 14.7 Å². The van der Waals surface area contributed by atoms with E-state index in [2.05, 4.69) is 30.7 Å². The number of carbonyl (C=O) groups excluding carboxylic acids is 1. The van der Waals surface area contributed by atoms with Gasteiger partial charge in [-0.05, 0) is 55.7 Å². The van der Waals surface area contributed by atoms with Gasteiger partial charge in [0.05, 0.1) is 5.92 Å². The van der Waals surface area contributed by atoms with Crippen molar-refractivity contribution in [3.8, 4) is 0 Å². The minimum absolute atomic E-state index is 0.0260. The lowest BCUT2D eigenvalue weighted by Gasteiger charge is -2.42. The summed E-state index contributed by atoms with van der Waals surface area (Å²) in [4.78, 5) is 30.0. The number of carboxylic acids is 1. The molecule has 1 fully saturated rings. The van der Waals surface area contributed by atoms with E-state index in [4.69, 9.17) is 5.11 Å². The molecule has 1 aliphatic carbocycles. The van der Waals surface area contributed by atoms with Crippen molar-refractivity contribution in [2.24, 2.45) is 16.3 Å². The molecule has 2 aliphatic rings. The van der Waals surface area contributed by atoms with Gasteiger partial charge in [-0.1, -0.05) is 37.7 Å². The van der Waals surface area contributed by atoms with E-state index in [1.54, 1.807) is 11.8 Å². The molecule has 2 unspecified atom stereocenters. The molecule has 2 atom stereocenters. The van der Waals surface area contributed by atoms with Crippen molar-refractivity contribution in [1.82, 2.24) is 0 Å². The molecule has 1 aliphatic heterocycles.